The molecule has 0 spiro atoms. The summed E-state index contributed by atoms with van der Waals surface area (Å²) in [7, 11) is 0. The van der Waals surface area contributed by atoms with Gasteiger partial charge in [-0.1, -0.05) is 13.3 Å². The zero-order valence-electron chi connectivity index (χ0n) is 18.0. The van der Waals surface area contributed by atoms with Crippen LogP contribution in [-0.4, -0.2) is 35.1 Å². The molecule has 6 nitrogen and oxygen atoms in total. The van der Waals surface area contributed by atoms with Crippen molar-refractivity contribution < 1.29 is 14.4 Å². The molecule has 0 rings (SSSR count). The number of ketones is 2. The van der Waals surface area contributed by atoms with E-state index >= 15 is 0 Å². The van der Waals surface area contributed by atoms with E-state index in [0.717, 1.165) is 19.3 Å². The highest BCUT2D eigenvalue weighted by Gasteiger charge is 2.26. The Balaban J connectivity index is 4.41. The molecule has 0 aromatic carbocycles. The van der Waals surface area contributed by atoms with Crippen LogP contribution in [0.1, 0.15) is 92.4 Å². The first-order valence-electron chi connectivity index (χ1n) is 10.2. The standard InChI is InChI=1S/C21H41N3O3/c1-6-18(15-20(4,5)22)10-14-24-19(27)9-13-21(23,11-7-16(2)25)12-8-17(3)26/h18H,6-15,22-23H2,1-5H3,(H,24,27). The molecular weight excluding hydrogens is 342 g/mol. The van der Waals surface area contributed by atoms with Crippen molar-refractivity contribution in [1.29, 1.82) is 0 Å². The van der Waals surface area contributed by atoms with Crippen LogP contribution in [0.15, 0.2) is 0 Å². The van der Waals surface area contributed by atoms with Gasteiger partial charge in [-0.2, -0.15) is 0 Å². The highest BCUT2D eigenvalue weighted by Crippen LogP contribution is 2.23. The van der Waals surface area contributed by atoms with E-state index in [2.05, 4.69) is 12.2 Å². The van der Waals surface area contributed by atoms with E-state index in [0.29, 0.717) is 51.0 Å². The molecule has 0 saturated heterocycles. The lowest BCUT2D eigenvalue weighted by molar-refractivity contribution is -0.121. The van der Waals surface area contributed by atoms with Crippen LogP contribution in [0.2, 0.25) is 0 Å². The summed E-state index contributed by atoms with van der Waals surface area (Å²) in [6.07, 6.45) is 5.44. The lowest BCUT2D eigenvalue weighted by Gasteiger charge is -2.29. The molecule has 0 radical (unpaired) electrons. The molecule has 0 fully saturated rings. The number of amides is 1. The van der Waals surface area contributed by atoms with Crippen molar-refractivity contribution in [1.82, 2.24) is 5.32 Å². The Morgan fingerprint density at radius 2 is 1.41 bits per heavy atom. The summed E-state index contributed by atoms with van der Waals surface area (Å²) in [6, 6.07) is 0. The van der Waals surface area contributed by atoms with Gasteiger partial charge < -0.3 is 26.4 Å². The van der Waals surface area contributed by atoms with Crippen LogP contribution in [0.5, 0.6) is 0 Å². The zero-order valence-corrected chi connectivity index (χ0v) is 18.0. The van der Waals surface area contributed by atoms with Gasteiger partial charge in [0.2, 0.25) is 5.91 Å². The van der Waals surface area contributed by atoms with Gasteiger partial charge in [0, 0.05) is 36.9 Å². The van der Waals surface area contributed by atoms with Crippen molar-refractivity contribution in [3.63, 3.8) is 0 Å². The third-order valence-corrected chi connectivity index (χ3v) is 5.07. The first-order chi connectivity index (χ1) is 12.4. The van der Waals surface area contributed by atoms with Crippen molar-refractivity contribution in [2.75, 3.05) is 6.54 Å². The largest absolute Gasteiger partial charge is 0.356 e. The molecule has 158 valence electrons. The first-order valence-corrected chi connectivity index (χ1v) is 10.2. The second kappa shape index (κ2) is 12.2. The SMILES string of the molecule is CCC(CCNC(=O)CCC(N)(CCC(C)=O)CCC(C)=O)CC(C)(C)N. The van der Waals surface area contributed by atoms with E-state index in [1.807, 2.05) is 13.8 Å². The van der Waals surface area contributed by atoms with E-state index in [9.17, 15) is 14.4 Å². The number of carbonyl (C=O) groups is 3. The highest BCUT2D eigenvalue weighted by molar-refractivity contribution is 5.77. The fourth-order valence-electron chi connectivity index (χ4n) is 3.29. The number of Topliss-reactive ketones (excluding diaryl/α,β-unsaturated/α-hetero) is 2. The molecule has 0 aromatic rings. The molecule has 0 aromatic heterocycles. The van der Waals surface area contributed by atoms with Gasteiger partial charge in [-0.05, 0) is 65.7 Å². The van der Waals surface area contributed by atoms with Gasteiger partial charge in [0.1, 0.15) is 11.6 Å². The average molecular weight is 384 g/mol. The number of hydrogen-bond acceptors (Lipinski definition) is 5. The van der Waals surface area contributed by atoms with Crippen LogP contribution in [0.25, 0.3) is 0 Å². The summed E-state index contributed by atoms with van der Waals surface area (Å²) in [6.45, 7) is 9.89. The first kappa shape index (κ1) is 25.7. The van der Waals surface area contributed by atoms with Crippen LogP contribution in [0.4, 0.5) is 0 Å². The Hall–Kier alpha value is -1.27. The zero-order chi connectivity index (χ0) is 21.1. The Bertz CT molecular complexity index is 466. The van der Waals surface area contributed by atoms with E-state index in [4.69, 9.17) is 11.5 Å². The molecule has 6 heteroatoms. The third-order valence-electron chi connectivity index (χ3n) is 5.07. The fourth-order valence-corrected chi connectivity index (χ4v) is 3.29. The summed E-state index contributed by atoms with van der Waals surface area (Å²) >= 11 is 0. The number of carbonyl (C=O) groups excluding carboxylic acids is 3. The summed E-state index contributed by atoms with van der Waals surface area (Å²) in [5.74, 6) is 0.610. The minimum Gasteiger partial charge on any atom is -0.356 e. The second-order valence-electron chi connectivity index (χ2n) is 8.87. The fraction of sp³-hybridized carbons (Fsp3) is 0.857. The van der Waals surface area contributed by atoms with Crippen LogP contribution in [0, 0.1) is 5.92 Å². The summed E-state index contributed by atoms with van der Waals surface area (Å²) in [4.78, 5) is 34.8. The molecule has 0 aliphatic heterocycles. The molecule has 0 heterocycles. The maximum atomic E-state index is 12.2. The Morgan fingerprint density at radius 1 is 0.926 bits per heavy atom. The predicted octanol–water partition coefficient (Wildman–Crippen LogP) is 2.86. The number of hydrogen-bond donors (Lipinski definition) is 3. The second-order valence-corrected chi connectivity index (χ2v) is 8.87. The quantitative estimate of drug-likeness (QED) is 0.402. The van der Waals surface area contributed by atoms with Crippen molar-refractivity contribution in [3.8, 4) is 0 Å². The molecule has 27 heavy (non-hydrogen) atoms. The molecule has 1 atom stereocenters. The minimum absolute atomic E-state index is 0.0302. The van der Waals surface area contributed by atoms with Gasteiger partial charge in [0.15, 0.2) is 0 Å². The Morgan fingerprint density at radius 3 is 1.81 bits per heavy atom. The smallest absolute Gasteiger partial charge is 0.220 e. The van der Waals surface area contributed by atoms with Gasteiger partial charge in [0.25, 0.3) is 0 Å². The van der Waals surface area contributed by atoms with Crippen molar-refractivity contribution in [3.05, 3.63) is 0 Å². The molecular formula is C21H41N3O3. The predicted molar refractivity (Wildman–Crippen MR) is 110 cm³/mol. The van der Waals surface area contributed by atoms with Gasteiger partial charge in [-0.25, -0.2) is 0 Å². The lowest BCUT2D eigenvalue weighted by atomic mass is 9.83. The van der Waals surface area contributed by atoms with Gasteiger partial charge in [-0.15, -0.1) is 0 Å². The topological polar surface area (TPSA) is 115 Å². The van der Waals surface area contributed by atoms with E-state index < -0.39 is 5.54 Å². The minimum atomic E-state index is -0.649. The van der Waals surface area contributed by atoms with Gasteiger partial charge in [-0.3, -0.25) is 4.79 Å². The summed E-state index contributed by atoms with van der Waals surface area (Å²) in [5.41, 5.74) is 11.7. The molecule has 0 aliphatic rings. The summed E-state index contributed by atoms with van der Waals surface area (Å²) in [5, 5.41) is 2.97. The molecule has 1 amide bonds. The van der Waals surface area contributed by atoms with Gasteiger partial charge in [0.05, 0.1) is 0 Å². The average Bonchev–Trinajstić information content (AvgIpc) is 2.54. The van der Waals surface area contributed by atoms with Crippen LogP contribution >= 0.6 is 0 Å². The van der Waals surface area contributed by atoms with Crippen LogP contribution in [-0.2, 0) is 14.4 Å². The van der Waals surface area contributed by atoms with Crippen molar-refractivity contribution in [2.45, 2.75) is 103 Å². The third kappa shape index (κ3) is 14.5. The maximum absolute atomic E-state index is 12.2. The molecule has 0 bridgehead atoms. The Labute approximate surface area is 165 Å². The molecule has 1 unspecified atom stereocenters. The lowest BCUT2D eigenvalue weighted by Crippen LogP contribution is -2.42. The number of nitrogens with two attached hydrogens (primary N) is 2. The van der Waals surface area contributed by atoms with Gasteiger partial charge >= 0.3 is 0 Å². The summed E-state index contributed by atoms with van der Waals surface area (Å²) < 4.78 is 0. The Kier molecular flexibility index (Phi) is 11.7. The van der Waals surface area contributed by atoms with E-state index in [1.54, 1.807) is 0 Å². The van der Waals surface area contributed by atoms with E-state index in [1.165, 1.54) is 13.8 Å². The normalized spacial score (nSPS) is 13.3. The van der Waals surface area contributed by atoms with E-state index in [-0.39, 0.29) is 23.0 Å². The number of nitrogens with one attached hydrogen (secondary N) is 1. The maximum Gasteiger partial charge on any atom is 0.220 e. The molecule has 5 N–H and O–H groups in total. The molecule has 0 aliphatic carbocycles. The monoisotopic (exact) mass is 383 g/mol. The molecule has 0 saturated carbocycles. The van der Waals surface area contributed by atoms with Crippen LogP contribution < -0.4 is 16.8 Å². The van der Waals surface area contributed by atoms with Crippen molar-refractivity contribution in [2.24, 2.45) is 17.4 Å². The van der Waals surface area contributed by atoms with Crippen LogP contribution in [0.3, 0.4) is 0 Å². The highest BCUT2D eigenvalue weighted by atomic mass is 16.1. The van der Waals surface area contributed by atoms with Crippen molar-refractivity contribution >= 4 is 17.5 Å². The number of rotatable bonds is 15.